The van der Waals surface area contributed by atoms with Gasteiger partial charge in [-0.3, -0.25) is 0 Å². The summed E-state index contributed by atoms with van der Waals surface area (Å²) in [5, 5.41) is 2.41. The molecular formula is C5H4ClNS. The molecule has 0 bridgehead atoms. The molecule has 0 atom stereocenters. The van der Waals surface area contributed by atoms with Gasteiger partial charge in [0.15, 0.2) is 0 Å². The largest absolute Gasteiger partial charge is 0.200 e. The summed E-state index contributed by atoms with van der Waals surface area (Å²) in [6.07, 6.45) is 5.49. The van der Waals surface area contributed by atoms with Gasteiger partial charge in [0.05, 0.1) is 0 Å². The molecule has 0 saturated carbocycles. The molecule has 8 heavy (non-hydrogen) atoms. The predicted molar refractivity (Wildman–Crippen MR) is 39.2 cm³/mol. The Morgan fingerprint density at radius 1 is 1.50 bits per heavy atom. The van der Waals surface area contributed by atoms with E-state index in [2.05, 4.69) is 4.40 Å². The van der Waals surface area contributed by atoms with E-state index < -0.39 is 0 Å². The van der Waals surface area contributed by atoms with Gasteiger partial charge >= 0.3 is 0 Å². The number of nitrogens with zero attached hydrogens (tertiary/aromatic N) is 1. The van der Waals surface area contributed by atoms with Gasteiger partial charge in [-0.1, -0.05) is 23.8 Å². The molecule has 0 unspecified atom stereocenters. The third-order valence-electron chi connectivity index (χ3n) is 0.624. The minimum absolute atomic E-state index is 0.542. The standard InChI is InChI=1S/C5H4ClNS/c6-5-3-1-2-4-8-7-5/h1-4H. The van der Waals surface area contributed by atoms with Crippen LogP contribution in [-0.2, 0) is 0 Å². The normalized spacial score (nSPS) is 17.9. The molecule has 0 spiro atoms. The highest BCUT2D eigenvalue weighted by Gasteiger charge is 1.85. The lowest BCUT2D eigenvalue weighted by Crippen LogP contribution is -1.71. The van der Waals surface area contributed by atoms with E-state index in [1.54, 1.807) is 6.08 Å². The molecule has 1 rings (SSSR count). The van der Waals surface area contributed by atoms with Crippen molar-refractivity contribution in [2.45, 2.75) is 0 Å². The summed E-state index contributed by atoms with van der Waals surface area (Å²) in [7, 11) is 0. The monoisotopic (exact) mass is 145 g/mol. The van der Waals surface area contributed by atoms with Crippen LogP contribution < -0.4 is 0 Å². The molecule has 0 fully saturated rings. The highest BCUT2D eigenvalue weighted by atomic mass is 35.5. The Morgan fingerprint density at radius 3 is 3.25 bits per heavy atom. The summed E-state index contributed by atoms with van der Waals surface area (Å²) in [6, 6.07) is 0. The topological polar surface area (TPSA) is 12.4 Å². The maximum absolute atomic E-state index is 5.52. The fraction of sp³-hybridized carbons (Fsp3) is 0. The van der Waals surface area contributed by atoms with Crippen molar-refractivity contribution in [3.8, 4) is 0 Å². The molecule has 3 heteroatoms. The minimum Gasteiger partial charge on any atom is -0.200 e. The smallest absolute Gasteiger partial charge is 0.137 e. The Kier molecular flexibility index (Phi) is 2.18. The molecule has 42 valence electrons. The van der Waals surface area contributed by atoms with Gasteiger partial charge in [0.25, 0.3) is 0 Å². The average molecular weight is 146 g/mol. The first kappa shape index (κ1) is 5.92. The molecule has 0 N–H and O–H groups in total. The number of halogens is 1. The van der Waals surface area contributed by atoms with Crippen molar-refractivity contribution in [3.05, 3.63) is 23.6 Å². The van der Waals surface area contributed by atoms with Gasteiger partial charge in [0.1, 0.15) is 5.17 Å². The Balaban J connectivity index is 2.69. The summed E-state index contributed by atoms with van der Waals surface area (Å²) < 4.78 is 3.85. The van der Waals surface area contributed by atoms with E-state index in [0.29, 0.717) is 5.17 Å². The molecule has 1 heterocycles. The van der Waals surface area contributed by atoms with Crippen molar-refractivity contribution in [3.63, 3.8) is 0 Å². The van der Waals surface area contributed by atoms with E-state index in [1.807, 2.05) is 17.6 Å². The van der Waals surface area contributed by atoms with E-state index in [-0.39, 0.29) is 0 Å². The second kappa shape index (κ2) is 2.95. The van der Waals surface area contributed by atoms with Gasteiger partial charge in [-0.2, -0.15) is 4.40 Å². The van der Waals surface area contributed by atoms with Crippen molar-refractivity contribution >= 4 is 28.7 Å². The third kappa shape index (κ3) is 1.72. The van der Waals surface area contributed by atoms with Gasteiger partial charge in [-0.15, -0.1) is 0 Å². The number of allylic oxidation sites excluding steroid dienone is 3. The molecule has 0 aliphatic carbocycles. The van der Waals surface area contributed by atoms with E-state index in [1.165, 1.54) is 11.9 Å². The highest BCUT2D eigenvalue weighted by Crippen LogP contribution is 2.09. The first-order valence-corrected chi connectivity index (χ1v) is 3.33. The van der Waals surface area contributed by atoms with Crippen molar-refractivity contribution in [2.24, 2.45) is 4.40 Å². The summed E-state index contributed by atoms with van der Waals surface area (Å²) in [5.41, 5.74) is 0. The van der Waals surface area contributed by atoms with Crippen LogP contribution in [0.15, 0.2) is 28.0 Å². The maximum atomic E-state index is 5.52. The maximum Gasteiger partial charge on any atom is 0.137 e. The lowest BCUT2D eigenvalue weighted by molar-refractivity contribution is 1.97. The lowest BCUT2D eigenvalue weighted by atomic mass is 10.5. The van der Waals surface area contributed by atoms with Crippen LogP contribution in [0.25, 0.3) is 0 Å². The summed E-state index contributed by atoms with van der Waals surface area (Å²) in [4.78, 5) is 0. The van der Waals surface area contributed by atoms with E-state index in [4.69, 9.17) is 11.6 Å². The molecular weight excluding hydrogens is 142 g/mol. The van der Waals surface area contributed by atoms with Crippen LogP contribution in [0.3, 0.4) is 0 Å². The first-order valence-electron chi connectivity index (χ1n) is 2.12. The Bertz CT molecular complexity index is 157. The molecule has 0 aromatic carbocycles. The summed E-state index contributed by atoms with van der Waals surface area (Å²) in [6.45, 7) is 0. The van der Waals surface area contributed by atoms with Crippen molar-refractivity contribution < 1.29 is 0 Å². The zero-order valence-corrected chi connectivity index (χ0v) is 5.62. The second-order valence-electron chi connectivity index (χ2n) is 1.21. The molecule has 0 saturated heterocycles. The van der Waals surface area contributed by atoms with Gasteiger partial charge in [0, 0.05) is 11.9 Å². The third-order valence-corrected chi connectivity index (χ3v) is 1.52. The summed E-state index contributed by atoms with van der Waals surface area (Å²) in [5.74, 6) is 0. The van der Waals surface area contributed by atoms with Gasteiger partial charge in [0.2, 0.25) is 0 Å². The number of hydrogen-bond acceptors (Lipinski definition) is 2. The summed E-state index contributed by atoms with van der Waals surface area (Å²) >= 11 is 6.86. The predicted octanol–water partition coefficient (Wildman–Crippen LogP) is 2.36. The first-order chi connectivity index (χ1) is 3.89. The van der Waals surface area contributed by atoms with E-state index >= 15 is 0 Å². The van der Waals surface area contributed by atoms with Crippen LogP contribution in [0, 0.1) is 0 Å². The fourth-order valence-corrected chi connectivity index (χ4v) is 0.902. The fourth-order valence-electron chi connectivity index (χ4n) is 0.327. The molecule has 0 aromatic heterocycles. The lowest BCUT2D eigenvalue weighted by Gasteiger charge is -1.78. The van der Waals surface area contributed by atoms with Crippen molar-refractivity contribution in [1.82, 2.24) is 0 Å². The van der Waals surface area contributed by atoms with E-state index in [9.17, 15) is 0 Å². The molecule has 0 aromatic rings. The minimum atomic E-state index is 0.542. The Hall–Kier alpha value is -0.210. The van der Waals surface area contributed by atoms with E-state index in [0.717, 1.165) is 0 Å². The average Bonchev–Trinajstić information content (AvgIpc) is 1.94. The van der Waals surface area contributed by atoms with Crippen LogP contribution in [-0.4, -0.2) is 5.17 Å². The Morgan fingerprint density at radius 2 is 2.38 bits per heavy atom. The Labute approximate surface area is 57.3 Å². The second-order valence-corrected chi connectivity index (χ2v) is 2.26. The SMILES string of the molecule is ClC1=NSC=CC=C1. The zero-order valence-electron chi connectivity index (χ0n) is 4.04. The zero-order chi connectivity index (χ0) is 5.82. The quantitative estimate of drug-likeness (QED) is 0.477. The molecule has 0 radical (unpaired) electrons. The van der Waals surface area contributed by atoms with Crippen LogP contribution in [0.5, 0.6) is 0 Å². The van der Waals surface area contributed by atoms with Crippen LogP contribution in [0.1, 0.15) is 0 Å². The van der Waals surface area contributed by atoms with Gasteiger partial charge < -0.3 is 0 Å². The molecule has 0 amide bonds. The van der Waals surface area contributed by atoms with Crippen LogP contribution in [0.2, 0.25) is 0 Å². The highest BCUT2D eigenvalue weighted by molar-refractivity contribution is 8.01. The molecule has 1 nitrogen and oxygen atoms in total. The van der Waals surface area contributed by atoms with Crippen LogP contribution >= 0.6 is 23.5 Å². The number of rotatable bonds is 0. The van der Waals surface area contributed by atoms with Crippen molar-refractivity contribution in [1.29, 1.82) is 0 Å². The number of hydrogen-bond donors (Lipinski definition) is 0. The molecule has 1 aliphatic heterocycles. The van der Waals surface area contributed by atoms with Crippen molar-refractivity contribution in [2.75, 3.05) is 0 Å². The van der Waals surface area contributed by atoms with Gasteiger partial charge in [-0.05, 0) is 11.5 Å². The molecule has 1 aliphatic rings. The van der Waals surface area contributed by atoms with Crippen LogP contribution in [0.4, 0.5) is 0 Å². The van der Waals surface area contributed by atoms with Gasteiger partial charge in [-0.25, -0.2) is 0 Å².